The number of carbonyl (C=O) groups excluding carboxylic acids is 1. The van der Waals surface area contributed by atoms with Crippen LogP contribution in [0.3, 0.4) is 0 Å². The number of rotatable bonds is 3. The van der Waals surface area contributed by atoms with Gasteiger partial charge in [-0.05, 0) is 62.9 Å². The highest BCUT2D eigenvalue weighted by atomic mass is 32.1. The van der Waals surface area contributed by atoms with Crippen molar-refractivity contribution in [3.63, 3.8) is 0 Å². The van der Waals surface area contributed by atoms with Gasteiger partial charge in [0.05, 0.1) is 16.3 Å². The number of nitrogens with zero attached hydrogens (tertiary/aromatic N) is 3. The van der Waals surface area contributed by atoms with Gasteiger partial charge in [-0.2, -0.15) is 5.10 Å². The molecule has 136 valence electrons. The van der Waals surface area contributed by atoms with E-state index in [-0.39, 0.29) is 11.7 Å². The van der Waals surface area contributed by atoms with Gasteiger partial charge >= 0.3 is 0 Å². The molecule has 26 heavy (non-hydrogen) atoms. The molecule has 1 aliphatic heterocycles. The summed E-state index contributed by atoms with van der Waals surface area (Å²) in [6.45, 7) is 4.94. The SMILES string of the molecule is CCC1CCCCN1C(=O)c1cc2c(C)nn(-c3ccc(F)cc3)c2s1. The highest BCUT2D eigenvalue weighted by Crippen LogP contribution is 2.32. The maximum atomic E-state index is 13.2. The molecule has 1 amide bonds. The number of benzene rings is 1. The summed E-state index contributed by atoms with van der Waals surface area (Å²) in [5.74, 6) is -0.144. The van der Waals surface area contributed by atoms with Crippen molar-refractivity contribution in [1.29, 1.82) is 0 Å². The predicted octanol–water partition coefficient (Wildman–Crippen LogP) is 4.94. The summed E-state index contributed by atoms with van der Waals surface area (Å²) in [4.78, 5) is 16.8. The molecule has 3 aromatic rings. The van der Waals surface area contributed by atoms with Gasteiger partial charge in [0.15, 0.2) is 0 Å². The zero-order valence-corrected chi connectivity index (χ0v) is 15.9. The molecular formula is C20H22FN3OS. The maximum Gasteiger partial charge on any atom is 0.264 e. The molecule has 1 saturated heterocycles. The maximum absolute atomic E-state index is 13.2. The average Bonchev–Trinajstić information content (AvgIpc) is 3.23. The van der Waals surface area contributed by atoms with Crippen molar-refractivity contribution in [2.75, 3.05) is 6.54 Å². The van der Waals surface area contributed by atoms with E-state index in [1.54, 1.807) is 16.8 Å². The minimum atomic E-state index is -0.272. The molecule has 1 unspecified atom stereocenters. The second-order valence-electron chi connectivity index (χ2n) is 6.86. The first-order valence-corrected chi connectivity index (χ1v) is 9.96. The Morgan fingerprint density at radius 2 is 2.08 bits per heavy atom. The molecule has 6 heteroatoms. The van der Waals surface area contributed by atoms with Crippen molar-refractivity contribution >= 4 is 27.5 Å². The van der Waals surface area contributed by atoms with Gasteiger partial charge in [-0.15, -0.1) is 11.3 Å². The molecule has 0 radical (unpaired) electrons. The van der Waals surface area contributed by atoms with Gasteiger partial charge in [0.1, 0.15) is 10.6 Å². The molecule has 4 nitrogen and oxygen atoms in total. The monoisotopic (exact) mass is 371 g/mol. The number of halogens is 1. The van der Waals surface area contributed by atoms with Crippen LogP contribution in [0.5, 0.6) is 0 Å². The number of carbonyl (C=O) groups is 1. The second-order valence-corrected chi connectivity index (χ2v) is 7.89. The number of aryl methyl sites for hydroxylation is 1. The molecule has 0 aliphatic carbocycles. The van der Waals surface area contributed by atoms with Crippen LogP contribution >= 0.6 is 11.3 Å². The molecule has 0 saturated carbocycles. The lowest BCUT2D eigenvalue weighted by Crippen LogP contribution is -2.43. The van der Waals surface area contributed by atoms with E-state index in [1.807, 2.05) is 17.9 Å². The Balaban J connectivity index is 1.72. The van der Waals surface area contributed by atoms with Crippen LogP contribution in [0, 0.1) is 12.7 Å². The number of hydrogen-bond donors (Lipinski definition) is 0. The highest BCUT2D eigenvalue weighted by Gasteiger charge is 2.28. The van der Waals surface area contributed by atoms with Crippen LogP contribution in [0.4, 0.5) is 4.39 Å². The summed E-state index contributed by atoms with van der Waals surface area (Å²) < 4.78 is 15.0. The second kappa shape index (κ2) is 6.83. The minimum Gasteiger partial charge on any atom is -0.335 e. The lowest BCUT2D eigenvalue weighted by Gasteiger charge is -2.35. The quantitative estimate of drug-likeness (QED) is 0.654. The molecule has 1 fully saturated rings. The largest absolute Gasteiger partial charge is 0.335 e. The molecule has 1 aromatic carbocycles. The minimum absolute atomic E-state index is 0.128. The first-order chi connectivity index (χ1) is 12.6. The number of thiophene rings is 1. The van der Waals surface area contributed by atoms with Crippen molar-refractivity contribution in [1.82, 2.24) is 14.7 Å². The van der Waals surface area contributed by atoms with E-state index in [9.17, 15) is 9.18 Å². The standard InChI is InChI=1S/C20H22FN3OS/c1-3-15-6-4-5-11-23(15)19(25)18-12-17-13(2)22-24(20(17)26-18)16-9-7-14(21)8-10-16/h7-10,12,15H,3-6,11H2,1-2H3. The third-order valence-corrected chi connectivity index (χ3v) is 6.28. The van der Waals surface area contributed by atoms with Gasteiger partial charge < -0.3 is 4.90 Å². The van der Waals surface area contributed by atoms with Crippen LogP contribution in [-0.4, -0.2) is 33.2 Å². The van der Waals surface area contributed by atoms with Gasteiger partial charge in [-0.3, -0.25) is 4.79 Å². The van der Waals surface area contributed by atoms with Crippen LogP contribution < -0.4 is 0 Å². The predicted molar refractivity (Wildman–Crippen MR) is 103 cm³/mol. The zero-order valence-electron chi connectivity index (χ0n) is 15.0. The summed E-state index contributed by atoms with van der Waals surface area (Å²) in [6, 6.07) is 8.58. The van der Waals surface area contributed by atoms with Gasteiger partial charge in [0.25, 0.3) is 5.91 Å². The van der Waals surface area contributed by atoms with E-state index in [2.05, 4.69) is 12.0 Å². The number of amides is 1. The van der Waals surface area contributed by atoms with E-state index in [0.29, 0.717) is 6.04 Å². The number of aromatic nitrogens is 2. The molecule has 0 spiro atoms. The molecule has 4 rings (SSSR count). The van der Waals surface area contributed by atoms with Crippen molar-refractivity contribution in [2.24, 2.45) is 0 Å². The molecule has 3 heterocycles. The lowest BCUT2D eigenvalue weighted by atomic mass is 10.00. The fourth-order valence-corrected chi connectivity index (χ4v) is 4.88. The van der Waals surface area contributed by atoms with E-state index in [1.165, 1.54) is 29.9 Å². The summed E-state index contributed by atoms with van der Waals surface area (Å²) in [5, 5.41) is 5.57. The average molecular weight is 371 g/mol. The Kier molecular flexibility index (Phi) is 4.53. The Labute approximate surface area is 156 Å². The van der Waals surface area contributed by atoms with Crippen LogP contribution in [0.15, 0.2) is 30.3 Å². The highest BCUT2D eigenvalue weighted by molar-refractivity contribution is 7.20. The molecule has 0 N–H and O–H groups in total. The zero-order chi connectivity index (χ0) is 18.3. The molecule has 2 aromatic heterocycles. The van der Waals surface area contributed by atoms with E-state index in [4.69, 9.17) is 0 Å². The van der Waals surface area contributed by atoms with E-state index in [0.717, 1.165) is 52.3 Å². The summed E-state index contributed by atoms with van der Waals surface area (Å²) in [6.07, 6.45) is 4.37. The van der Waals surface area contributed by atoms with Crippen molar-refractivity contribution in [3.8, 4) is 5.69 Å². The van der Waals surface area contributed by atoms with Crippen LogP contribution in [0.25, 0.3) is 15.9 Å². The molecule has 1 aliphatic rings. The van der Waals surface area contributed by atoms with Crippen molar-refractivity contribution in [2.45, 2.75) is 45.6 Å². The number of fused-ring (bicyclic) bond motifs is 1. The third kappa shape index (κ3) is 2.92. The summed E-state index contributed by atoms with van der Waals surface area (Å²) >= 11 is 1.47. The third-order valence-electron chi connectivity index (χ3n) is 5.19. The smallest absolute Gasteiger partial charge is 0.264 e. The van der Waals surface area contributed by atoms with E-state index < -0.39 is 0 Å². The topological polar surface area (TPSA) is 38.1 Å². The Morgan fingerprint density at radius 3 is 2.81 bits per heavy atom. The van der Waals surface area contributed by atoms with E-state index >= 15 is 0 Å². The van der Waals surface area contributed by atoms with Crippen molar-refractivity contribution in [3.05, 3.63) is 46.7 Å². The molecular weight excluding hydrogens is 349 g/mol. The first kappa shape index (κ1) is 17.2. The number of likely N-dealkylation sites (tertiary alicyclic amines) is 1. The van der Waals surface area contributed by atoms with Crippen LogP contribution in [0.1, 0.15) is 48.0 Å². The number of hydrogen-bond acceptors (Lipinski definition) is 3. The summed E-state index contributed by atoms with van der Waals surface area (Å²) in [5.41, 5.74) is 1.68. The normalized spacial score (nSPS) is 17.8. The summed E-state index contributed by atoms with van der Waals surface area (Å²) in [7, 11) is 0. The van der Waals surface area contributed by atoms with Crippen molar-refractivity contribution < 1.29 is 9.18 Å². The Bertz CT molecular complexity index is 944. The lowest BCUT2D eigenvalue weighted by molar-refractivity contribution is 0.0613. The molecule has 1 atom stereocenters. The van der Waals surface area contributed by atoms with Crippen LogP contribution in [0.2, 0.25) is 0 Å². The van der Waals surface area contributed by atoms with Gasteiger partial charge in [0, 0.05) is 18.0 Å². The fraction of sp³-hybridized carbons (Fsp3) is 0.400. The van der Waals surface area contributed by atoms with Gasteiger partial charge in [0.2, 0.25) is 0 Å². The fourth-order valence-electron chi connectivity index (χ4n) is 3.74. The Hall–Kier alpha value is -2.21. The number of piperidine rings is 1. The van der Waals surface area contributed by atoms with Crippen LogP contribution in [-0.2, 0) is 0 Å². The first-order valence-electron chi connectivity index (χ1n) is 9.14. The van der Waals surface area contributed by atoms with Gasteiger partial charge in [-0.1, -0.05) is 6.92 Å². The molecule has 0 bridgehead atoms. The Morgan fingerprint density at radius 1 is 1.31 bits per heavy atom. The van der Waals surface area contributed by atoms with Gasteiger partial charge in [-0.25, -0.2) is 9.07 Å².